The highest BCUT2D eigenvalue weighted by molar-refractivity contribution is 7.32. The minimum Gasteiger partial charge on any atom is -0.493 e. The average molecular weight is 475 g/mol. The molecule has 1 unspecified atom stereocenters. The predicted octanol–water partition coefficient (Wildman–Crippen LogP) is 5.76. The van der Waals surface area contributed by atoms with Gasteiger partial charge < -0.3 is 23.9 Å². The molecule has 6 nitrogen and oxygen atoms in total. The van der Waals surface area contributed by atoms with Crippen LogP contribution in [0.2, 0.25) is 0 Å². The topological polar surface area (TPSA) is 80.9 Å². The molecule has 0 aliphatic rings. The molecule has 1 atom stereocenters. The van der Waals surface area contributed by atoms with Gasteiger partial charge >= 0.3 is 8.25 Å². The lowest BCUT2D eigenvalue weighted by molar-refractivity contribution is 0.276. The summed E-state index contributed by atoms with van der Waals surface area (Å²) in [5, 5.41) is 3.31. The molecule has 0 aliphatic heterocycles. The Labute approximate surface area is 194 Å². The first-order valence-corrected chi connectivity index (χ1v) is 12.5. The number of ether oxygens (including phenoxy) is 1. The van der Waals surface area contributed by atoms with E-state index in [9.17, 15) is 8.96 Å². The van der Waals surface area contributed by atoms with E-state index in [1.807, 2.05) is 36.4 Å². The van der Waals surface area contributed by atoms with Crippen LogP contribution in [0.4, 0.5) is 4.39 Å². The van der Waals surface area contributed by atoms with Crippen molar-refractivity contribution in [2.45, 2.75) is 38.6 Å². The van der Waals surface area contributed by atoms with Gasteiger partial charge in [-0.1, -0.05) is 18.2 Å². The highest BCUT2D eigenvalue weighted by atomic mass is 31.1. The maximum Gasteiger partial charge on any atom is 0.316 e. The van der Waals surface area contributed by atoms with Crippen molar-refractivity contribution in [3.8, 4) is 17.1 Å². The maximum absolute atomic E-state index is 13.0. The number of benzene rings is 2. The maximum atomic E-state index is 13.0. The minimum atomic E-state index is -2.85. The predicted molar refractivity (Wildman–Crippen MR) is 127 cm³/mol. The fourth-order valence-electron chi connectivity index (χ4n) is 3.47. The number of nitrogens with one attached hydrogen (secondary N) is 1. The summed E-state index contributed by atoms with van der Waals surface area (Å²) in [7, 11) is -2.85. The summed E-state index contributed by atoms with van der Waals surface area (Å²) in [6.07, 6.45) is 6.24. The van der Waals surface area contributed by atoms with Gasteiger partial charge in [0.2, 0.25) is 0 Å². The Bertz CT molecular complexity index is 979. The van der Waals surface area contributed by atoms with Gasteiger partial charge in [-0.2, -0.15) is 0 Å². The Morgan fingerprint density at radius 2 is 1.79 bits per heavy atom. The summed E-state index contributed by atoms with van der Waals surface area (Å²) in [5.74, 6) is 1.34. The molecule has 0 saturated carbocycles. The van der Waals surface area contributed by atoms with Gasteiger partial charge in [0.05, 0.1) is 25.0 Å². The fourth-order valence-corrected chi connectivity index (χ4v) is 3.79. The van der Waals surface area contributed by atoms with Gasteiger partial charge in [-0.25, -0.2) is 4.39 Å². The van der Waals surface area contributed by atoms with Crippen molar-refractivity contribution in [3.63, 3.8) is 0 Å². The highest BCUT2D eigenvalue weighted by Crippen LogP contribution is 2.31. The van der Waals surface area contributed by atoms with Crippen LogP contribution in [0.15, 0.2) is 65.3 Å². The zero-order valence-corrected chi connectivity index (χ0v) is 19.6. The van der Waals surface area contributed by atoms with Gasteiger partial charge in [-0.15, -0.1) is 0 Å². The van der Waals surface area contributed by atoms with Crippen molar-refractivity contribution in [3.05, 3.63) is 77.8 Å². The van der Waals surface area contributed by atoms with Crippen LogP contribution in [0.5, 0.6) is 5.75 Å². The third-order valence-corrected chi connectivity index (χ3v) is 5.61. The number of hydrogen-bond donors (Lipinski definition) is 2. The number of furan rings is 1. The van der Waals surface area contributed by atoms with E-state index < -0.39 is 8.25 Å². The van der Waals surface area contributed by atoms with E-state index in [-0.39, 0.29) is 12.4 Å². The summed E-state index contributed by atoms with van der Waals surface area (Å²) in [6.45, 7) is 2.21. The lowest BCUT2D eigenvalue weighted by atomic mass is 10.1. The lowest BCUT2D eigenvalue weighted by Crippen LogP contribution is -2.16. The first-order chi connectivity index (χ1) is 16.1. The zero-order chi connectivity index (χ0) is 23.3. The van der Waals surface area contributed by atoms with Crippen LogP contribution in [0.25, 0.3) is 11.3 Å². The SMILES string of the molecule is O=[PH](O)OCCCNCc1ccc(OCCCCCc2ccc(F)cc2)c(-c2ccco2)c1. The van der Waals surface area contributed by atoms with Crippen LogP contribution in [-0.2, 0) is 22.1 Å². The largest absolute Gasteiger partial charge is 0.493 e. The molecule has 2 aromatic carbocycles. The van der Waals surface area contributed by atoms with E-state index in [0.717, 1.165) is 53.9 Å². The van der Waals surface area contributed by atoms with Gasteiger partial charge in [0.1, 0.15) is 17.3 Å². The van der Waals surface area contributed by atoms with E-state index in [1.165, 1.54) is 12.1 Å². The fraction of sp³-hybridized carbons (Fsp3) is 0.360. The van der Waals surface area contributed by atoms with E-state index in [1.54, 1.807) is 6.26 Å². The Morgan fingerprint density at radius 3 is 2.55 bits per heavy atom. The van der Waals surface area contributed by atoms with Crippen molar-refractivity contribution in [2.75, 3.05) is 19.8 Å². The molecule has 1 aromatic heterocycles. The molecule has 178 valence electrons. The molecule has 3 rings (SSSR count). The summed E-state index contributed by atoms with van der Waals surface area (Å²) in [5.41, 5.74) is 3.15. The normalized spacial score (nSPS) is 12.1. The quantitative estimate of drug-likeness (QED) is 0.215. The molecule has 0 amide bonds. The van der Waals surface area contributed by atoms with E-state index in [0.29, 0.717) is 26.1 Å². The molecule has 0 fully saturated rings. The van der Waals surface area contributed by atoms with Gasteiger partial charge in [0.25, 0.3) is 0 Å². The molecule has 2 N–H and O–H groups in total. The van der Waals surface area contributed by atoms with Crippen LogP contribution >= 0.6 is 8.25 Å². The summed E-state index contributed by atoms with van der Waals surface area (Å²) in [4.78, 5) is 8.67. The monoisotopic (exact) mass is 475 g/mol. The number of aryl methyl sites for hydroxylation is 1. The van der Waals surface area contributed by atoms with Gasteiger partial charge in [-0.3, -0.25) is 4.57 Å². The Morgan fingerprint density at radius 1 is 0.970 bits per heavy atom. The van der Waals surface area contributed by atoms with Crippen molar-refractivity contribution >= 4 is 8.25 Å². The Hall–Kier alpha value is -2.44. The van der Waals surface area contributed by atoms with E-state index in [4.69, 9.17) is 14.0 Å². The number of hydrogen-bond acceptors (Lipinski definition) is 5. The van der Waals surface area contributed by atoms with Crippen molar-refractivity contribution < 1.29 is 27.5 Å². The molecule has 0 bridgehead atoms. The smallest absolute Gasteiger partial charge is 0.316 e. The van der Waals surface area contributed by atoms with E-state index >= 15 is 0 Å². The lowest BCUT2D eigenvalue weighted by Gasteiger charge is -2.13. The third-order valence-electron chi connectivity index (χ3n) is 5.16. The molecular weight excluding hydrogens is 444 g/mol. The second kappa shape index (κ2) is 14.0. The first kappa shape index (κ1) is 25.2. The van der Waals surface area contributed by atoms with Gasteiger partial charge in [0.15, 0.2) is 0 Å². The average Bonchev–Trinajstić information content (AvgIpc) is 3.35. The standard InChI is InChI=1S/C25H31FNO5P/c26-22-11-8-20(9-12-22)6-2-1-3-15-30-25-13-10-21(18-23(25)24-7-4-16-31-24)19-27-14-5-17-32-33(28)29/h4,7-13,16,18,27,33H,1-3,5-6,14-15,17,19H2,(H,28,29). The summed E-state index contributed by atoms with van der Waals surface area (Å²) < 4.78 is 39.9. The Balaban J connectivity index is 1.45. The summed E-state index contributed by atoms with van der Waals surface area (Å²) in [6, 6.07) is 16.5. The summed E-state index contributed by atoms with van der Waals surface area (Å²) >= 11 is 0. The van der Waals surface area contributed by atoms with Gasteiger partial charge in [0, 0.05) is 6.54 Å². The molecule has 33 heavy (non-hydrogen) atoms. The van der Waals surface area contributed by atoms with Crippen LogP contribution in [0.1, 0.15) is 36.8 Å². The molecule has 0 aliphatic carbocycles. The van der Waals surface area contributed by atoms with Crippen molar-refractivity contribution in [1.82, 2.24) is 5.32 Å². The van der Waals surface area contributed by atoms with E-state index in [2.05, 4.69) is 15.9 Å². The second-order valence-corrected chi connectivity index (χ2v) is 8.56. The molecule has 0 spiro atoms. The second-order valence-electron chi connectivity index (χ2n) is 7.74. The molecular formula is C25H31FNO5P. The zero-order valence-electron chi connectivity index (χ0n) is 18.6. The van der Waals surface area contributed by atoms with Crippen LogP contribution in [0.3, 0.4) is 0 Å². The molecule has 1 heterocycles. The van der Waals surface area contributed by atoms with Crippen molar-refractivity contribution in [1.29, 1.82) is 0 Å². The molecule has 3 aromatic rings. The third kappa shape index (κ3) is 9.14. The molecule has 0 saturated heterocycles. The number of halogens is 1. The van der Waals surface area contributed by atoms with Gasteiger partial charge in [-0.05, 0) is 86.2 Å². The minimum absolute atomic E-state index is 0.200. The van der Waals surface area contributed by atoms with Crippen molar-refractivity contribution in [2.24, 2.45) is 0 Å². The number of unbranched alkanes of at least 4 members (excludes halogenated alkanes) is 2. The first-order valence-electron chi connectivity index (χ1n) is 11.2. The highest BCUT2D eigenvalue weighted by Gasteiger charge is 2.10. The van der Waals surface area contributed by atoms with Crippen LogP contribution in [-0.4, -0.2) is 24.7 Å². The Kier molecular flexibility index (Phi) is 10.7. The van der Waals surface area contributed by atoms with Crippen LogP contribution < -0.4 is 10.1 Å². The van der Waals surface area contributed by atoms with Crippen LogP contribution in [0, 0.1) is 5.82 Å². The molecule has 0 radical (unpaired) electrons. The molecule has 8 heteroatoms. The number of rotatable bonds is 15.